The van der Waals surface area contributed by atoms with Crippen molar-refractivity contribution in [1.82, 2.24) is 10.6 Å². The fraction of sp³-hybridized carbons (Fsp3) is 0.864. The van der Waals surface area contributed by atoms with Gasteiger partial charge in [-0.05, 0) is 57.8 Å². The van der Waals surface area contributed by atoms with Crippen molar-refractivity contribution < 1.29 is 23.9 Å². The number of methoxy groups -OCH3 is 1. The van der Waals surface area contributed by atoms with Crippen LogP contribution in [0.4, 0.5) is 4.79 Å². The van der Waals surface area contributed by atoms with Gasteiger partial charge in [0.1, 0.15) is 11.1 Å². The normalized spacial score (nSPS) is 23.7. The largest absolute Gasteiger partial charge is 0.467 e. The number of hydrogen-bond acceptors (Lipinski definition) is 5. The highest BCUT2D eigenvalue weighted by Gasteiger charge is 2.44. The molecule has 0 bridgehead atoms. The number of carbonyl (C=O) groups is 3. The zero-order valence-electron chi connectivity index (χ0n) is 19.4. The Hall–Kier alpha value is -1.79. The molecule has 0 heterocycles. The summed E-state index contributed by atoms with van der Waals surface area (Å²) in [5, 5.41) is 5.76. The Labute approximate surface area is 175 Å². The first-order valence-electron chi connectivity index (χ1n) is 10.6. The van der Waals surface area contributed by atoms with Gasteiger partial charge in [-0.2, -0.15) is 0 Å². The van der Waals surface area contributed by atoms with Crippen molar-refractivity contribution in [2.45, 2.75) is 104 Å². The van der Waals surface area contributed by atoms with Gasteiger partial charge in [-0.25, -0.2) is 9.59 Å². The average molecular weight is 413 g/mol. The minimum atomic E-state index is -0.980. The first-order valence-corrected chi connectivity index (χ1v) is 10.6. The molecule has 1 fully saturated rings. The molecule has 1 unspecified atom stereocenters. The predicted octanol–water partition coefficient (Wildman–Crippen LogP) is 3.94. The second-order valence-corrected chi connectivity index (χ2v) is 10.2. The maximum Gasteiger partial charge on any atom is 0.407 e. The Balaban J connectivity index is 2.87. The molecule has 168 valence electrons. The standard InChI is InChI=1S/C22H40N2O5/c1-9-15-10-12-22(13-11-15,18(26)28-8)24-17(25)14-16(20(2,3)4)23-19(27)29-21(5,6)7/h15-16H,9-14H2,1-8H3,(H,23,27)(H,24,25). The van der Waals surface area contributed by atoms with Crippen molar-refractivity contribution in [2.24, 2.45) is 11.3 Å². The highest BCUT2D eigenvalue weighted by Crippen LogP contribution is 2.35. The molecule has 29 heavy (non-hydrogen) atoms. The molecular weight excluding hydrogens is 372 g/mol. The maximum atomic E-state index is 12.9. The van der Waals surface area contributed by atoms with E-state index in [-0.39, 0.29) is 17.7 Å². The van der Waals surface area contributed by atoms with Crippen LogP contribution in [0, 0.1) is 11.3 Å². The van der Waals surface area contributed by atoms with Gasteiger partial charge < -0.3 is 20.1 Å². The molecule has 0 aromatic rings. The van der Waals surface area contributed by atoms with E-state index in [1.165, 1.54) is 7.11 Å². The molecule has 0 spiro atoms. The number of amides is 2. The van der Waals surface area contributed by atoms with Crippen LogP contribution in [-0.2, 0) is 19.1 Å². The van der Waals surface area contributed by atoms with Crippen molar-refractivity contribution in [2.75, 3.05) is 7.11 Å². The molecule has 1 atom stereocenters. The number of hydrogen-bond donors (Lipinski definition) is 2. The molecule has 1 aliphatic carbocycles. The molecule has 1 rings (SSSR count). The lowest BCUT2D eigenvalue weighted by Gasteiger charge is -2.39. The molecule has 2 amide bonds. The second kappa shape index (κ2) is 9.81. The Kier molecular flexibility index (Phi) is 8.54. The van der Waals surface area contributed by atoms with Gasteiger partial charge in [0.25, 0.3) is 0 Å². The van der Waals surface area contributed by atoms with Crippen molar-refractivity contribution in [3.05, 3.63) is 0 Å². The predicted molar refractivity (Wildman–Crippen MR) is 112 cm³/mol. The van der Waals surface area contributed by atoms with Gasteiger partial charge in [0.05, 0.1) is 7.11 Å². The van der Waals surface area contributed by atoms with Gasteiger partial charge in [-0.1, -0.05) is 34.1 Å². The van der Waals surface area contributed by atoms with Gasteiger partial charge in [-0.3, -0.25) is 4.79 Å². The minimum absolute atomic E-state index is 0.0543. The summed E-state index contributed by atoms with van der Waals surface area (Å²) in [7, 11) is 1.35. The van der Waals surface area contributed by atoms with Crippen molar-refractivity contribution >= 4 is 18.0 Å². The van der Waals surface area contributed by atoms with Crippen LogP contribution in [0.5, 0.6) is 0 Å². The third-order valence-corrected chi connectivity index (χ3v) is 5.62. The first-order chi connectivity index (χ1) is 13.2. The van der Waals surface area contributed by atoms with E-state index in [0.29, 0.717) is 18.8 Å². The second-order valence-electron chi connectivity index (χ2n) is 10.2. The van der Waals surface area contributed by atoms with E-state index in [0.717, 1.165) is 19.3 Å². The van der Waals surface area contributed by atoms with Crippen LogP contribution < -0.4 is 10.6 Å². The first kappa shape index (κ1) is 25.2. The van der Waals surface area contributed by atoms with E-state index in [9.17, 15) is 14.4 Å². The Morgan fingerprint density at radius 2 is 1.62 bits per heavy atom. The molecule has 1 aliphatic rings. The minimum Gasteiger partial charge on any atom is -0.467 e. The number of carbonyl (C=O) groups excluding carboxylic acids is 3. The third kappa shape index (κ3) is 7.86. The van der Waals surface area contributed by atoms with Crippen LogP contribution in [0.2, 0.25) is 0 Å². The third-order valence-electron chi connectivity index (χ3n) is 5.62. The summed E-state index contributed by atoms with van der Waals surface area (Å²) in [6.07, 6.45) is 3.47. The molecular formula is C22H40N2O5. The zero-order valence-corrected chi connectivity index (χ0v) is 19.4. The lowest BCUT2D eigenvalue weighted by molar-refractivity contribution is -0.153. The SMILES string of the molecule is CCC1CCC(NC(=O)CC(NC(=O)OC(C)(C)C)C(C)(C)C)(C(=O)OC)CC1. The lowest BCUT2D eigenvalue weighted by Crippen LogP contribution is -2.58. The topological polar surface area (TPSA) is 93.7 Å². The van der Waals surface area contributed by atoms with E-state index in [1.54, 1.807) is 20.8 Å². The highest BCUT2D eigenvalue weighted by atomic mass is 16.6. The monoisotopic (exact) mass is 412 g/mol. The summed E-state index contributed by atoms with van der Waals surface area (Å²) < 4.78 is 10.3. The summed E-state index contributed by atoms with van der Waals surface area (Å²) in [4.78, 5) is 37.6. The van der Waals surface area contributed by atoms with E-state index in [1.807, 2.05) is 20.8 Å². The molecule has 1 saturated carbocycles. The lowest BCUT2D eigenvalue weighted by atomic mass is 9.75. The summed E-state index contributed by atoms with van der Waals surface area (Å²) in [5.74, 6) is -0.102. The molecule has 0 saturated heterocycles. The number of alkyl carbamates (subject to hydrolysis) is 1. The fourth-order valence-corrected chi connectivity index (χ4v) is 3.68. The number of ether oxygens (including phenoxy) is 2. The molecule has 0 aromatic carbocycles. The van der Waals surface area contributed by atoms with Crippen molar-refractivity contribution in [3.8, 4) is 0 Å². The van der Waals surface area contributed by atoms with Crippen molar-refractivity contribution in [1.29, 1.82) is 0 Å². The highest BCUT2D eigenvalue weighted by molar-refractivity contribution is 5.88. The summed E-state index contributed by atoms with van der Waals surface area (Å²) >= 11 is 0. The van der Waals surface area contributed by atoms with Gasteiger partial charge in [0.2, 0.25) is 5.91 Å². The van der Waals surface area contributed by atoms with E-state index in [4.69, 9.17) is 9.47 Å². The molecule has 2 N–H and O–H groups in total. The Morgan fingerprint density at radius 1 is 1.07 bits per heavy atom. The maximum absolute atomic E-state index is 12.9. The Bertz CT molecular complexity index is 581. The smallest absolute Gasteiger partial charge is 0.407 e. The molecule has 7 nitrogen and oxygen atoms in total. The summed E-state index contributed by atoms with van der Waals surface area (Å²) in [6.45, 7) is 13.4. The number of rotatable bonds is 6. The zero-order chi connectivity index (χ0) is 22.5. The van der Waals surface area contributed by atoms with E-state index < -0.39 is 29.2 Å². The van der Waals surface area contributed by atoms with Crippen LogP contribution >= 0.6 is 0 Å². The fourth-order valence-electron chi connectivity index (χ4n) is 3.68. The molecule has 7 heteroatoms. The summed E-state index contributed by atoms with van der Waals surface area (Å²) in [5.41, 5.74) is -1.97. The Morgan fingerprint density at radius 3 is 2.03 bits per heavy atom. The van der Waals surface area contributed by atoms with Crippen LogP contribution in [0.25, 0.3) is 0 Å². The van der Waals surface area contributed by atoms with Gasteiger partial charge >= 0.3 is 12.1 Å². The number of esters is 1. The van der Waals surface area contributed by atoms with Gasteiger partial charge in [0, 0.05) is 12.5 Å². The molecule has 0 aromatic heterocycles. The summed E-state index contributed by atoms with van der Waals surface area (Å²) in [6, 6.07) is -0.445. The van der Waals surface area contributed by atoms with Crippen LogP contribution in [0.1, 0.15) is 87.0 Å². The quantitative estimate of drug-likeness (QED) is 0.645. The van der Waals surface area contributed by atoms with Gasteiger partial charge in [-0.15, -0.1) is 0 Å². The van der Waals surface area contributed by atoms with Crippen LogP contribution in [-0.4, -0.2) is 42.3 Å². The molecule has 0 radical (unpaired) electrons. The van der Waals surface area contributed by atoms with E-state index >= 15 is 0 Å². The van der Waals surface area contributed by atoms with Crippen molar-refractivity contribution in [3.63, 3.8) is 0 Å². The average Bonchev–Trinajstić information content (AvgIpc) is 2.58. The van der Waals surface area contributed by atoms with Crippen LogP contribution in [0.3, 0.4) is 0 Å². The molecule has 0 aliphatic heterocycles. The van der Waals surface area contributed by atoms with Crippen LogP contribution in [0.15, 0.2) is 0 Å². The van der Waals surface area contributed by atoms with Gasteiger partial charge in [0.15, 0.2) is 0 Å². The van der Waals surface area contributed by atoms with E-state index in [2.05, 4.69) is 17.6 Å². The number of nitrogens with one attached hydrogen (secondary N) is 2.